The smallest absolute Gasteiger partial charge is 0.170 e. The lowest BCUT2D eigenvalue weighted by atomic mass is 10.5. The Balaban J connectivity index is 5.46. The van der Waals surface area contributed by atoms with Gasteiger partial charge in [-0.05, 0) is 44.8 Å². The van der Waals surface area contributed by atoms with E-state index in [4.69, 9.17) is 8.85 Å². The van der Waals surface area contributed by atoms with Crippen LogP contribution in [0.15, 0.2) is 0 Å². The highest BCUT2D eigenvalue weighted by Crippen LogP contribution is 2.38. The zero-order valence-corrected chi connectivity index (χ0v) is 25.3. The molecule has 0 N–H and O–H groups in total. The fraction of sp³-hybridized carbons (Fsp3) is 1.00. The lowest BCUT2D eigenvalue weighted by Crippen LogP contribution is -2.53. The van der Waals surface area contributed by atoms with Crippen LogP contribution in [0.2, 0.25) is 94.6 Å². The van der Waals surface area contributed by atoms with Gasteiger partial charge in [0.1, 0.15) is 0 Å². The van der Waals surface area contributed by atoms with Crippen LogP contribution in [-0.4, -0.2) is 54.6 Å². The van der Waals surface area contributed by atoms with Crippen molar-refractivity contribution >= 4 is 40.9 Å². The van der Waals surface area contributed by atoms with Gasteiger partial charge >= 0.3 is 0 Å². The average Bonchev–Trinajstić information content (AvgIpc) is 2.32. The van der Waals surface area contributed by atoms with Gasteiger partial charge < -0.3 is 8.85 Å². The van der Waals surface area contributed by atoms with Gasteiger partial charge in [0.25, 0.3) is 0 Å². The molecule has 0 saturated heterocycles. The minimum Gasteiger partial charge on any atom is -0.456 e. The predicted octanol–water partition coefficient (Wildman–Crippen LogP) is 7.21. The summed E-state index contributed by atoms with van der Waals surface area (Å²) in [6, 6.07) is 2.89. The topological polar surface area (TPSA) is 18.5 Å². The zero-order chi connectivity index (χ0) is 20.9. The van der Waals surface area contributed by atoms with Gasteiger partial charge in [-0.15, -0.1) is 0 Å². The molecule has 0 bridgehead atoms. The molecule has 0 aliphatic heterocycles. The molecule has 2 atom stereocenters. The first-order chi connectivity index (χ1) is 11.4. The Bertz CT molecular complexity index is 417. The summed E-state index contributed by atoms with van der Waals surface area (Å²) in [6.45, 7) is 28.7. The van der Waals surface area contributed by atoms with Crippen molar-refractivity contribution < 1.29 is 8.85 Å². The van der Waals surface area contributed by atoms with E-state index < -0.39 is 40.9 Å². The van der Waals surface area contributed by atoms with Crippen molar-refractivity contribution in [3.63, 3.8) is 0 Å². The van der Waals surface area contributed by atoms with Crippen LogP contribution in [0.25, 0.3) is 0 Å². The second kappa shape index (κ2) is 10.2. The van der Waals surface area contributed by atoms with Gasteiger partial charge in [0, 0.05) is 37.9 Å². The molecule has 0 rings (SSSR count). The molecule has 26 heavy (non-hydrogen) atoms. The van der Waals surface area contributed by atoms with E-state index in [-0.39, 0.29) is 0 Å². The largest absolute Gasteiger partial charge is 0.456 e. The molecule has 0 amide bonds. The van der Waals surface area contributed by atoms with E-state index in [2.05, 4.69) is 72.4 Å². The molecule has 0 heterocycles. The van der Waals surface area contributed by atoms with Crippen LogP contribution >= 0.6 is 0 Å². The van der Waals surface area contributed by atoms with E-state index in [0.29, 0.717) is 0 Å². The highest BCUT2D eigenvalue weighted by molar-refractivity contribution is 7.06. The normalized spacial score (nSPS) is 18.5. The summed E-state index contributed by atoms with van der Waals surface area (Å²) >= 11 is 0. The average molecular weight is 451 g/mol. The molecule has 0 aliphatic carbocycles. The van der Waals surface area contributed by atoms with Crippen LogP contribution in [0, 0.1) is 0 Å². The molecule has 0 aliphatic rings. The van der Waals surface area contributed by atoms with E-state index >= 15 is 0 Å². The van der Waals surface area contributed by atoms with Gasteiger partial charge in [-0.3, -0.25) is 0 Å². The van der Waals surface area contributed by atoms with Crippen molar-refractivity contribution in [2.24, 2.45) is 0 Å². The predicted molar refractivity (Wildman–Crippen MR) is 135 cm³/mol. The van der Waals surface area contributed by atoms with Gasteiger partial charge in [0.2, 0.25) is 0 Å². The number of rotatable bonds is 13. The molecule has 2 nitrogen and oxygen atoms in total. The number of hydrogen-bond donors (Lipinski definition) is 0. The molecular formula is C19H50O2Si5. The van der Waals surface area contributed by atoms with E-state index in [0.717, 1.165) is 6.61 Å². The number of hydrogen-bond acceptors (Lipinski definition) is 2. The minimum atomic E-state index is -1.59. The summed E-state index contributed by atoms with van der Waals surface area (Å²) in [7, 11) is -4.67. The molecule has 7 heteroatoms. The van der Waals surface area contributed by atoms with Crippen molar-refractivity contribution in [1.29, 1.82) is 0 Å². The Kier molecular flexibility index (Phi) is 10.6. The molecule has 0 aromatic rings. The van der Waals surface area contributed by atoms with Crippen LogP contribution in [-0.2, 0) is 8.85 Å². The van der Waals surface area contributed by atoms with Crippen LogP contribution < -0.4 is 0 Å². The van der Waals surface area contributed by atoms with Crippen molar-refractivity contribution in [3.05, 3.63) is 0 Å². The first-order valence-corrected chi connectivity index (χ1v) is 27.1. The van der Waals surface area contributed by atoms with Gasteiger partial charge in [-0.25, -0.2) is 0 Å². The molecule has 0 aromatic carbocycles. The van der Waals surface area contributed by atoms with Crippen molar-refractivity contribution in [2.75, 3.05) is 13.7 Å². The zero-order valence-electron chi connectivity index (χ0n) is 20.3. The molecular weight excluding hydrogens is 401 g/mol. The number of methoxy groups -OCH3 is 1. The Hall–Kier alpha value is 1.00. The summed E-state index contributed by atoms with van der Waals surface area (Å²) < 4.78 is 12.2. The number of ether oxygens (including phenoxy) is 1. The summed E-state index contributed by atoms with van der Waals surface area (Å²) in [4.78, 5) is 0. The minimum absolute atomic E-state index is 0.928. The van der Waals surface area contributed by atoms with Gasteiger partial charge in [-0.1, -0.05) is 63.1 Å². The third-order valence-electron chi connectivity index (χ3n) is 5.23. The van der Waals surface area contributed by atoms with Crippen LogP contribution in [0.5, 0.6) is 0 Å². The van der Waals surface area contributed by atoms with Crippen molar-refractivity contribution in [2.45, 2.75) is 108 Å². The quantitative estimate of drug-likeness (QED) is 0.218. The molecule has 0 fully saturated rings. The first kappa shape index (κ1) is 27.0. The van der Waals surface area contributed by atoms with Gasteiger partial charge in [0.05, 0.1) is 0 Å². The maximum absolute atomic E-state index is 6.78. The fourth-order valence-electron chi connectivity index (χ4n) is 5.40. The summed E-state index contributed by atoms with van der Waals surface area (Å²) in [5.74, 6) is 0. The second-order valence-electron chi connectivity index (χ2n) is 12.1. The summed E-state index contributed by atoms with van der Waals surface area (Å²) in [5, 5.41) is 0. The standard InChI is InChI=1S/C19H50O2Si5/c1-13-25(11,17-22(3,4)5)19-26(12,16-14-15-20-2)18-24(9,10)21-23(6,7)8/h13-19H2,1-12H3. The Morgan fingerprint density at radius 2 is 1.23 bits per heavy atom. The summed E-state index contributed by atoms with van der Waals surface area (Å²) in [5.41, 5.74) is 4.65. The lowest BCUT2D eigenvalue weighted by molar-refractivity contribution is 0.199. The molecule has 158 valence electrons. The van der Waals surface area contributed by atoms with Crippen LogP contribution in [0.1, 0.15) is 13.3 Å². The molecule has 0 aromatic heterocycles. The molecule has 0 saturated carbocycles. The van der Waals surface area contributed by atoms with Crippen molar-refractivity contribution in [1.82, 2.24) is 0 Å². The highest BCUT2D eigenvalue weighted by atomic mass is 28.5. The first-order valence-electron chi connectivity index (χ1n) is 10.6. The maximum Gasteiger partial charge on any atom is 0.170 e. The van der Waals surface area contributed by atoms with E-state index in [1.54, 1.807) is 11.3 Å². The fourth-order valence-corrected chi connectivity index (χ4v) is 47.3. The van der Waals surface area contributed by atoms with E-state index in [1.165, 1.54) is 24.2 Å². The van der Waals surface area contributed by atoms with Crippen LogP contribution in [0.3, 0.4) is 0 Å². The Morgan fingerprint density at radius 1 is 0.692 bits per heavy atom. The molecule has 2 unspecified atom stereocenters. The molecule has 0 spiro atoms. The van der Waals surface area contributed by atoms with Crippen molar-refractivity contribution in [3.8, 4) is 0 Å². The Morgan fingerprint density at radius 3 is 1.62 bits per heavy atom. The summed E-state index contributed by atoms with van der Waals surface area (Å²) in [6.07, 6.45) is 1.25. The maximum atomic E-state index is 6.78. The van der Waals surface area contributed by atoms with Crippen LogP contribution in [0.4, 0.5) is 0 Å². The highest BCUT2D eigenvalue weighted by Gasteiger charge is 2.44. The third kappa shape index (κ3) is 12.5. The molecule has 0 radical (unpaired) electrons. The monoisotopic (exact) mass is 450 g/mol. The second-order valence-corrected chi connectivity index (χ2v) is 38.5. The van der Waals surface area contributed by atoms with E-state index in [9.17, 15) is 0 Å². The lowest BCUT2D eigenvalue weighted by Gasteiger charge is -2.44. The van der Waals surface area contributed by atoms with Gasteiger partial charge in [-0.2, -0.15) is 0 Å². The Labute approximate surface area is 171 Å². The third-order valence-corrected chi connectivity index (χ3v) is 34.5. The SMILES string of the molecule is CC[Si](C)(C[Si](C)(C)C)C[Si](C)(CCCOC)C[Si](C)(C)O[Si](C)(C)C. The van der Waals surface area contributed by atoms with E-state index in [1.807, 2.05) is 7.11 Å². The van der Waals surface area contributed by atoms with Gasteiger partial charge in [0.15, 0.2) is 16.6 Å².